The van der Waals surface area contributed by atoms with E-state index in [0.717, 1.165) is 0 Å². The van der Waals surface area contributed by atoms with Gasteiger partial charge in [-0.3, -0.25) is 4.79 Å². The van der Waals surface area contributed by atoms with Crippen LogP contribution in [0.25, 0.3) is 0 Å². The van der Waals surface area contributed by atoms with Crippen LogP contribution in [0.4, 0.5) is 26.3 Å². The summed E-state index contributed by atoms with van der Waals surface area (Å²) in [5, 5.41) is 1.43. The third-order valence-corrected chi connectivity index (χ3v) is 2.76. The van der Waals surface area contributed by atoms with E-state index in [1.165, 1.54) is 5.32 Å². The second kappa shape index (κ2) is 4.73. The third kappa shape index (κ3) is 3.78. The smallest absolute Gasteiger partial charge is 0.345 e. The Bertz CT molecular complexity index is 284. The van der Waals surface area contributed by atoms with Crippen LogP contribution in [0.3, 0.4) is 0 Å². The molecule has 0 heterocycles. The van der Waals surface area contributed by atoms with E-state index in [1.807, 2.05) is 0 Å². The van der Waals surface area contributed by atoms with E-state index >= 15 is 0 Å². The van der Waals surface area contributed by atoms with Crippen LogP contribution >= 0.6 is 0 Å². The van der Waals surface area contributed by atoms with Gasteiger partial charge in [0.1, 0.15) is 0 Å². The largest absolute Gasteiger partial charge is 0.471 e. The van der Waals surface area contributed by atoms with E-state index in [4.69, 9.17) is 0 Å². The van der Waals surface area contributed by atoms with Crippen molar-refractivity contribution in [1.29, 1.82) is 0 Å². The summed E-state index contributed by atoms with van der Waals surface area (Å²) in [5.74, 6) is -4.19. The summed E-state index contributed by atoms with van der Waals surface area (Å²) < 4.78 is 73.3. The Morgan fingerprint density at radius 2 is 1.53 bits per heavy atom. The van der Waals surface area contributed by atoms with Gasteiger partial charge in [-0.2, -0.15) is 26.3 Å². The van der Waals surface area contributed by atoms with E-state index in [-0.39, 0.29) is 12.8 Å². The first-order valence-corrected chi connectivity index (χ1v) is 5.07. The van der Waals surface area contributed by atoms with Crippen LogP contribution in [0.2, 0.25) is 0 Å². The van der Waals surface area contributed by atoms with Crippen molar-refractivity contribution in [1.82, 2.24) is 5.32 Å². The topological polar surface area (TPSA) is 29.1 Å². The quantitative estimate of drug-likeness (QED) is 0.724. The predicted octanol–water partition coefficient (Wildman–Crippen LogP) is 2.79. The molecule has 1 amide bonds. The molecule has 1 N–H and O–H groups in total. The molecule has 0 aromatic heterocycles. The molecule has 0 aliphatic heterocycles. The van der Waals surface area contributed by atoms with E-state index in [2.05, 4.69) is 0 Å². The summed E-state index contributed by atoms with van der Waals surface area (Å²) in [6, 6.07) is -1.47. The minimum Gasteiger partial charge on any atom is -0.345 e. The Hall–Kier alpha value is -0.950. The van der Waals surface area contributed by atoms with Crippen molar-refractivity contribution < 1.29 is 31.1 Å². The van der Waals surface area contributed by atoms with E-state index < -0.39 is 30.2 Å². The first-order valence-electron chi connectivity index (χ1n) is 5.07. The Kier molecular flexibility index (Phi) is 3.93. The predicted molar refractivity (Wildman–Crippen MR) is 46.0 cm³/mol. The maximum atomic E-state index is 12.5. The summed E-state index contributed by atoms with van der Waals surface area (Å²) in [7, 11) is 0. The fourth-order valence-electron chi connectivity index (χ4n) is 1.95. The number of carbonyl (C=O) groups is 1. The van der Waals surface area contributed by atoms with Gasteiger partial charge < -0.3 is 5.32 Å². The number of alkyl halides is 6. The monoisotopic (exact) mass is 263 g/mol. The zero-order chi connectivity index (χ0) is 13.3. The average molecular weight is 263 g/mol. The summed E-state index contributed by atoms with van der Waals surface area (Å²) in [5.41, 5.74) is 0. The second-order valence-electron chi connectivity index (χ2n) is 4.01. The van der Waals surface area contributed by atoms with Crippen molar-refractivity contribution in [3.05, 3.63) is 0 Å². The molecule has 0 aromatic rings. The Balaban J connectivity index is 2.70. The lowest BCUT2D eigenvalue weighted by Crippen LogP contribution is -2.51. The first-order chi connectivity index (χ1) is 7.62. The zero-order valence-corrected chi connectivity index (χ0v) is 8.66. The SMILES string of the molecule is O=C(NC1CCCCC1C(F)(F)F)C(F)(F)F. The molecule has 2 nitrogen and oxygen atoms in total. The Labute approximate surface area is 93.4 Å². The van der Waals surface area contributed by atoms with Gasteiger partial charge in [0, 0.05) is 6.04 Å². The lowest BCUT2D eigenvalue weighted by molar-refractivity contribution is -0.195. The number of amides is 1. The average Bonchev–Trinajstić information content (AvgIpc) is 2.15. The molecule has 1 aliphatic rings. The van der Waals surface area contributed by atoms with Gasteiger partial charge in [-0.25, -0.2) is 0 Å². The number of hydrogen-bond acceptors (Lipinski definition) is 1. The highest BCUT2D eigenvalue weighted by Crippen LogP contribution is 2.38. The van der Waals surface area contributed by atoms with Crippen LogP contribution in [-0.2, 0) is 4.79 Å². The summed E-state index contributed by atoms with van der Waals surface area (Å²) in [6.45, 7) is 0. The fraction of sp³-hybridized carbons (Fsp3) is 0.889. The van der Waals surface area contributed by atoms with E-state index in [1.54, 1.807) is 0 Å². The molecule has 100 valence electrons. The van der Waals surface area contributed by atoms with Crippen molar-refractivity contribution in [2.24, 2.45) is 5.92 Å². The number of carbonyl (C=O) groups excluding carboxylic acids is 1. The highest BCUT2D eigenvalue weighted by Gasteiger charge is 2.48. The first kappa shape index (κ1) is 14.1. The van der Waals surface area contributed by atoms with Gasteiger partial charge in [0.05, 0.1) is 5.92 Å². The van der Waals surface area contributed by atoms with Crippen molar-refractivity contribution in [2.45, 2.75) is 44.1 Å². The van der Waals surface area contributed by atoms with Crippen molar-refractivity contribution >= 4 is 5.91 Å². The fourth-order valence-corrected chi connectivity index (χ4v) is 1.95. The van der Waals surface area contributed by atoms with Gasteiger partial charge in [0.15, 0.2) is 0 Å². The summed E-state index contributed by atoms with van der Waals surface area (Å²) >= 11 is 0. The molecule has 0 aromatic carbocycles. The van der Waals surface area contributed by atoms with Gasteiger partial charge >= 0.3 is 18.3 Å². The molecule has 0 spiro atoms. The third-order valence-electron chi connectivity index (χ3n) is 2.76. The van der Waals surface area contributed by atoms with Gasteiger partial charge in [0.2, 0.25) is 0 Å². The van der Waals surface area contributed by atoms with Gasteiger partial charge in [-0.15, -0.1) is 0 Å². The number of rotatable bonds is 1. The van der Waals surface area contributed by atoms with Crippen molar-refractivity contribution in [3.63, 3.8) is 0 Å². The van der Waals surface area contributed by atoms with Crippen LogP contribution in [0, 0.1) is 5.92 Å². The van der Waals surface area contributed by atoms with Gasteiger partial charge in [-0.05, 0) is 12.8 Å². The Morgan fingerprint density at radius 3 is 2.00 bits per heavy atom. The van der Waals surface area contributed by atoms with Crippen molar-refractivity contribution in [2.75, 3.05) is 0 Å². The molecule has 17 heavy (non-hydrogen) atoms. The molecule has 0 bridgehead atoms. The minimum absolute atomic E-state index is 0.0774. The van der Waals surface area contributed by atoms with Crippen LogP contribution in [0.15, 0.2) is 0 Å². The molecule has 2 atom stereocenters. The summed E-state index contributed by atoms with van der Waals surface area (Å²) in [6.07, 6.45) is -9.35. The molecular formula is C9H11F6NO. The molecule has 1 aliphatic carbocycles. The second-order valence-corrected chi connectivity index (χ2v) is 4.01. The van der Waals surface area contributed by atoms with Crippen LogP contribution in [0.1, 0.15) is 25.7 Å². The lowest BCUT2D eigenvalue weighted by Gasteiger charge is -2.33. The molecule has 2 unspecified atom stereocenters. The molecule has 1 saturated carbocycles. The van der Waals surface area contributed by atoms with Crippen LogP contribution in [0.5, 0.6) is 0 Å². The highest BCUT2D eigenvalue weighted by molar-refractivity contribution is 5.81. The molecular weight excluding hydrogens is 252 g/mol. The number of halogens is 6. The van der Waals surface area contributed by atoms with Crippen molar-refractivity contribution in [3.8, 4) is 0 Å². The lowest BCUT2D eigenvalue weighted by atomic mass is 9.84. The van der Waals surface area contributed by atoms with Gasteiger partial charge in [0.25, 0.3) is 0 Å². The molecule has 0 radical (unpaired) electrons. The number of hydrogen-bond donors (Lipinski definition) is 1. The minimum atomic E-state index is -5.15. The van der Waals surface area contributed by atoms with Gasteiger partial charge in [-0.1, -0.05) is 12.8 Å². The Morgan fingerprint density at radius 1 is 1.00 bits per heavy atom. The maximum Gasteiger partial charge on any atom is 0.471 e. The molecule has 1 rings (SSSR count). The standard InChI is InChI=1S/C9H11F6NO/c10-8(11,12)5-3-1-2-4-6(5)16-7(17)9(13,14)15/h5-6H,1-4H2,(H,16,17). The number of nitrogens with one attached hydrogen (secondary N) is 1. The summed E-state index contributed by atoms with van der Waals surface area (Å²) in [4.78, 5) is 10.6. The highest BCUT2D eigenvalue weighted by atomic mass is 19.4. The normalized spacial score (nSPS) is 26.7. The van der Waals surface area contributed by atoms with Crippen LogP contribution < -0.4 is 5.32 Å². The zero-order valence-electron chi connectivity index (χ0n) is 8.66. The molecule has 1 fully saturated rings. The molecule has 0 saturated heterocycles. The van der Waals surface area contributed by atoms with E-state index in [9.17, 15) is 31.1 Å². The van der Waals surface area contributed by atoms with E-state index in [0.29, 0.717) is 12.8 Å². The molecule has 8 heteroatoms. The van der Waals surface area contributed by atoms with Crippen LogP contribution in [-0.4, -0.2) is 24.3 Å². The maximum absolute atomic E-state index is 12.5.